The molecule has 6 nitrogen and oxygen atoms in total. The first-order valence-corrected chi connectivity index (χ1v) is 12.1. The van der Waals surface area contributed by atoms with Crippen molar-refractivity contribution in [2.75, 3.05) is 18.6 Å². The van der Waals surface area contributed by atoms with Gasteiger partial charge in [-0.1, -0.05) is 12.1 Å². The standard InChI is InChI=1S/C28H27FN4O2/c1-32-13-11-20-23(32)9-7-18(27(20)33-16-17-6-8-19(33)14-17)15-24(34)22-10-12-30-28(31-22)26-21(29)4-3-5-25(26)35-2/h3-5,7,9-13,17,19H,6,8,14-16H2,1-2H3/t17-,19+/m0/s1. The molecule has 2 atom stereocenters. The molecule has 0 radical (unpaired) electrons. The van der Waals surface area contributed by atoms with Crippen LogP contribution in [0.5, 0.6) is 5.75 Å². The number of halogens is 1. The molecule has 4 aromatic rings. The highest BCUT2D eigenvalue weighted by molar-refractivity contribution is 6.01. The van der Waals surface area contributed by atoms with E-state index < -0.39 is 5.82 Å². The summed E-state index contributed by atoms with van der Waals surface area (Å²) < 4.78 is 22.0. The summed E-state index contributed by atoms with van der Waals surface area (Å²) in [5.74, 6) is 0.597. The Balaban J connectivity index is 1.37. The van der Waals surface area contributed by atoms with E-state index in [2.05, 4.69) is 43.8 Å². The number of ketones is 1. The summed E-state index contributed by atoms with van der Waals surface area (Å²) in [6.45, 7) is 1.05. The number of carbonyl (C=O) groups is 1. The highest BCUT2D eigenvalue weighted by Gasteiger charge is 2.39. The second kappa shape index (κ2) is 8.48. The number of piperidine rings is 1. The number of ether oxygens (including phenoxy) is 1. The van der Waals surface area contributed by atoms with E-state index in [0.717, 1.165) is 23.5 Å². The number of anilines is 1. The fraction of sp³-hybridized carbons (Fsp3) is 0.321. The first-order valence-electron chi connectivity index (χ1n) is 12.1. The highest BCUT2D eigenvalue weighted by atomic mass is 19.1. The maximum Gasteiger partial charge on any atom is 0.185 e. The molecule has 0 amide bonds. The highest BCUT2D eigenvalue weighted by Crippen LogP contribution is 2.44. The average Bonchev–Trinajstić information content (AvgIpc) is 3.60. The van der Waals surface area contributed by atoms with Gasteiger partial charge in [-0.3, -0.25) is 4.79 Å². The predicted octanol–water partition coefficient (Wildman–Crippen LogP) is 5.20. The van der Waals surface area contributed by atoms with Crippen LogP contribution in [0.4, 0.5) is 10.1 Å². The van der Waals surface area contributed by atoms with Gasteiger partial charge < -0.3 is 14.2 Å². The van der Waals surface area contributed by atoms with Gasteiger partial charge in [-0.2, -0.15) is 0 Å². The molecule has 1 saturated heterocycles. The van der Waals surface area contributed by atoms with E-state index in [4.69, 9.17) is 4.74 Å². The minimum atomic E-state index is -0.491. The lowest BCUT2D eigenvalue weighted by Gasteiger charge is -2.32. The largest absolute Gasteiger partial charge is 0.496 e. The smallest absolute Gasteiger partial charge is 0.185 e. The molecule has 3 heterocycles. The number of hydrogen-bond acceptors (Lipinski definition) is 5. The van der Waals surface area contributed by atoms with Crippen LogP contribution in [0.1, 0.15) is 35.3 Å². The summed E-state index contributed by atoms with van der Waals surface area (Å²) in [7, 11) is 3.52. The lowest BCUT2D eigenvalue weighted by molar-refractivity contribution is 0.0988. The molecule has 1 aliphatic heterocycles. The molecule has 1 aliphatic carbocycles. The molecule has 0 unspecified atom stereocenters. The molecule has 2 fully saturated rings. The van der Waals surface area contributed by atoms with Gasteiger partial charge in [0, 0.05) is 49.4 Å². The van der Waals surface area contributed by atoms with Crippen LogP contribution in [-0.4, -0.2) is 40.0 Å². The Labute approximate surface area is 203 Å². The summed E-state index contributed by atoms with van der Waals surface area (Å²) in [6, 6.07) is 13.0. The van der Waals surface area contributed by atoms with Crippen molar-refractivity contribution in [1.82, 2.24) is 14.5 Å². The molecule has 6 rings (SSSR count). The van der Waals surface area contributed by atoms with Crippen molar-refractivity contribution in [3.8, 4) is 17.1 Å². The Kier molecular flexibility index (Phi) is 5.28. The Hall–Kier alpha value is -3.74. The zero-order valence-corrected chi connectivity index (χ0v) is 19.9. The minimum absolute atomic E-state index is 0.121. The van der Waals surface area contributed by atoms with Gasteiger partial charge in [0.15, 0.2) is 11.6 Å². The predicted molar refractivity (Wildman–Crippen MR) is 133 cm³/mol. The maximum absolute atomic E-state index is 14.6. The second-order valence-electron chi connectivity index (χ2n) is 9.60. The summed E-state index contributed by atoms with van der Waals surface area (Å²) in [5, 5.41) is 1.19. The van der Waals surface area contributed by atoms with E-state index in [1.54, 1.807) is 18.2 Å². The molecular formula is C28H27FN4O2. The van der Waals surface area contributed by atoms with E-state index >= 15 is 0 Å². The van der Waals surface area contributed by atoms with Gasteiger partial charge in [-0.25, -0.2) is 14.4 Å². The number of nitrogens with zero attached hydrogens (tertiary/aromatic N) is 4. The number of hydrogen-bond donors (Lipinski definition) is 0. The van der Waals surface area contributed by atoms with Crippen LogP contribution < -0.4 is 9.64 Å². The van der Waals surface area contributed by atoms with Crippen molar-refractivity contribution in [2.45, 2.75) is 31.7 Å². The van der Waals surface area contributed by atoms with Crippen LogP contribution in [0.15, 0.2) is 54.9 Å². The van der Waals surface area contributed by atoms with Crippen molar-refractivity contribution in [2.24, 2.45) is 13.0 Å². The zero-order valence-electron chi connectivity index (χ0n) is 19.9. The van der Waals surface area contributed by atoms with Crippen molar-refractivity contribution >= 4 is 22.4 Å². The molecule has 0 N–H and O–H groups in total. The number of Topliss-reactive ketones (excluding diaryl/α,β-unsaturated/α-hetero) is 1. The van der Waals surface area contributed by atoms with Crippen LogP contribution in [0.25, 0.3) is 22.3 Å². The third-order valence-corrected chi connectivity index (χ3v) is 7.53. The van der Waals surface area contributed by atoms with Crippen LogP contribution in [-0.2, 0) is 13.5 Å². The van der Waals surface area contributed by atoms with Gasteiger partial charge in [0.2, 0.25) is 0 Å². The van der Waals surface area contributed by atoms with Crippen LogP contribution in [0, 0.1) is 11.7 Å². The molecule has 178 valence electrons. The monoisotopic (exact) mass is 470 g/mol. The fourth-order valence-corrected chi connectivity index (χ4v) is 5.85. The lowest BCUT2D eigenvalue weighted by Crippen LogP contribution is -2.33. The van der Waals surface area contributed by atoms with Gasteiger partial charge in [0.25, 0.3) is 0 Å². The van der Waals surface area contributed by atoms with E-state index in [1.165, 1.54) is 49.7 Å². The number of aromatic nitrogens is 3. The Morgan fingerprint density at radius 3 is 2.83 bits per heavy atom. The van der Waals surface area contributed by atoms with E-state index in [0.29, 0.717) is 11.8 Å². The van der Waals surface area contributed by atoms with Gasteiger partial charge in [0.05, 0.1) is 18.4 Å². The molecule has 0 spiro atoms. The van der Waals surface area contributed by atoms with Gasteiger partial charge >= 0.3 is 0 Å². The van der Waals surface area contributed by atoms with Crippen LogP contribution >= 0.6 is 0 Å². The number of carbonyl (C=O) groups excluding carboxylic acids is 1. The minimum Gasteiger partial charge on any atom is -0.496 e. The molecule has 35 heavy (non-hydrogen) atoms. The quantitative estimate of drug-likeness (QED) is 0.363. The van der Waals surface area contributed by atoms with Crippen molar-refractivity contribution in [1.29, 1.82) is 0 Å². The van der Waals surface area contributed by atoms with Crippen LogP contribution in [0.2, 0.25) is 0 Å². The Morgan fingerprint density at radius 2 is 2.06 bits per heavy atom. The molecule has 2 aromatic heterocycles. The topological polar surface area (TPSA) is 60.2 Å². The average molecular weight is 471 g/mol. The van der Waals surface area contributed by atoms with Gasteiger partial charge in [0.1, 0.15) is 17.3 Å². The van der Waals surface area contributed by atoms with Crippen LogP contribution in [0.3, 0.4) is 0 Å². The normalized spacial score (nSPS) is 19.0. The third kappa shape index (κ3) is 3.66. The molecule has 7 heteroatoms. The van der Waals surface area contributed by atoms with E-state index in [9.17, 15) is 9.18 Å². The Bertz CT molecular complexity index is 1450. The van der Waals surface area contributed by atoms with Gasteiger partial charge in [-0.15, -0.1) is 0 Å². The number of methoxy groups -OCH3 is 1. The molecule has 2 aliphatic rings. The number of benzene rings is 2. The summed E-state index contributed by atoms with van der Waals surface area (Å²) >= 11 is 0. The summed E-state index contributed by atoms with van der Waals surface area (Å²) in [5.41, 5.74) is 3.76. The second-order valence-corrected chi connectivity index (χ2v) is 9.60. The number of aryl methyl sites for hydroxylation is 1. The molecule has 2 bridgehead atoms. The summed E-state index contributed by atoms with van der Waals surface area (Å²) in [4.78, 5) is 24.7. The van der Waals surface area contributed by atoms with Gasteiger partial charge in [-0.05, 0) is 61.1 Å². The van der Waals surface area contributed by atoms with E-state index in [-0.39, 0.29) is 29.3 Å². The first kappa shape index (κ1) is 21.8. The molecule has 2 aromatic carbocycles. The van der Waals surface area contributed by atoms with Crippen molar-refractivity contribution in [3.05, 3.63) is 71.9 Å². The molecular weight excluding hydrogens is 443 g/mol. The lowest BCUT2D eigenvalue weighted by atomic mass is 9.99. The van der Waals surface area contributed by atoms with E-state index in [1.807, 2.05) is 7.05 Å². The zero-order chi connectivity index (χ0) is 24.1. The number of rotatable bonds is 6. The van der Waals surface area contributed by atoms with Crippen molar-refractivity contribution < 1.29 is 13.9 Å². The maximum atomic E-state index is 14.6. The fourth-order valence-electron chi connectivity index (χ4n) is 5.85. The summed E-state index contributed by atoms with van der Waals surface area (Å²) in [6.07, 6.45) is 7.54. The van der Waals surface area contributed by atoms with Crippen molar-refractivity contribution in [3.63, 3.8) is 0 Å². The third-order valence-electron chi connectivity index (χ3n) is 7.53. The SMILES string of the molecule is COc1cccc(F)c1-c1nccc(C(=O)Cc2ccc3c(ccn3C)c2N2C[C@H]3CC[C@@H]2C3)n1. The number of fused-ring (bicyclic) bond motifs is 3. The first-order chi connectivity index (χ1) is 17.0. The molecule has 1 saturated carbocycles. The Morgan fingerprint density at radius 1 is 1.17 bits per heavy atom.